The van der Waals surface area contributed by atoms with Gasteiger partial charge in [-0.15, -0.1) is 17.9 Å². The number of benzene rings is 2. The van der Waals surface area contributed by atoms with Crippen molar-refractivity contribution >= 4 is 89.8 Å². The number of amides is 3. The first-order valence-electron chi connectivity index (χ1n) is 18.7. The van der Waals surface area contributed by atoms with E-state index in [0.29, 0.717) is 66.6 Å². The fourth-order valence-corrected chi connectivity index (χ4v) is 10.2. The van der Waals surface area contributed by atoms with E-state index in [2.05, 4.69) is 26.9 Å². The number of nitrogens with one attached hydrogen (secondary N) is 3. The number of ether oxygens (including phenoxy) is 3. The van der Waals surface area contributed by atoms with E-state index in [4.69, 9.17) is 54.0 Å². The molecule has 3 fully saturated rings. The van der Waals surface area contributed by atoms with Crippen LogP contribution in [0.1, 0.15) is 46.5 Å². The smallest absolute Gasteiger partial charge is 0.259 e. The van der Waals surface area contributed by atoms with Gasteiger partial charge < -0.3 is 29.7 Å². The van der Waals surface area contributed by atoms with Crippen LogP contribution >= 0.6 is 46.1 Å². The molecule has 3 heterocycles. The Hall–Kier alpha value is -4.35. The molecule has 0 radical (unpaired) electrons. The van der Waals surface area contributed by atoms with E-state index in [1.54, 1.807) is 35.7 Å². The average Bonchev–Trinajstić information content (AvgIpc) is 4.07. The fourth-order valence-electron chi connectivity index (χ4n) is 7.33. The van der Waals surface area contributed by atoms with E-state index < -0.39 is 68.1 Å². The summed E-state index contributed by atoms with van der Waals surface area (Å²) >= 11 is 20.4. The summed E-state index contributed by atoms with van der Waals surface area (Å²) < 4.78 is 45.3. The van der Waals surface area contributed by atoms with E-state index in [9.17, 15) is 22.8 Å². The van der Waals surface area contributed by atoms with Gasteiger partial charge in [0.05, 0.1) is 42.9 Å². The van der Waals surface area contributed by atoms with Gasteiger partial charge in [-0.05, 0) is 55.0 Å². The zero-order valence-corrected chi connectivity index (χ0v) is 36.7. The van der Waals surface area contributed by atoms with Crippen LogP contribution in [0.15, 0.2) is 54.6 Å². The van der Waals surface area contributed by atoms with Gasteiger partial charge in [0.15, 0.2) is 5.13 Å². The molecular weight excluding hydrogens is 863 g/mol. The highest BCUT2D eigenvalue weighted by atomic mass is 35.5. The summed E-state index contributed by atoms with van der Waals surface area (Å²) in [6.45, 7) is 9.40. The topological polar surface area (TPSA) is 178 Å². The second-order valence-corrected chi connectivity index (χ2v) is 20.0. The first-order valence-corrected chi connectivity index (χ1v) is 22.3. The number of thiazole rings is 1. The molecule has 3 amide bonds. The van der Waals surface area contributed by atoms with Crippen molar-refractivity contribution in [2.45, 2.75) is 75.4 Å². The molecule has 0 spiro atoms. The van der Waals surface area contributed by atoms with Crippen LogP contribution in [-0.2, 0) is 24.4 Å². The van der Waals surface area contributed by atoms with Crippen molar-refractivity contribution in [3.05, 3.63) is 69.6 Å². The van der Waals surface area contributed by atoms with E-state index in [1.807, 2.05) is 20.8 Å². The summed E-state index contributed by atoms with van der Waals surface area (Å²) in [5.74, 6) is -1.37. The Labute approximate surface area is 361 Å². The predicted molar refractivity (Wildman–Crippen MR) is 228 cm³/mol. The van der Waals surface area contributed by atoms with Gasteiger partial charge in [-0.1, -0.05) is 61.7 Å². The summed E-state index contributed by atoms with van der Waals surface area (Å²) in [5.41, 5.74) is -1.22. The molecule has 314 valence electrons. The standard InChI is InChI=1S/C40H43Cl3N6O8S2/c1-7-20-16-40(20,37(52)48-59(53,54)24-9-10-24)47-34(50)30-15-23(57-35-26-12-21(41)8-11-25(26)31(55-5)17-44-35)18-49(30)36(51)33(39(2,3)4)46-38-45-29(19-58-38)27-13-22(42)14-28(43)32(27)56-6/h7-8,11-14,17,19-20,23-24,30,33H,1,9-10,15-16,18H2,2-6H3,(H,45,46)(H,47,50)(H,48,52)/t20-,23-,30+,33-,40-/m1/s1. The quantitative estimate of drug-likeness (QED) is 0.112. The highest BCUT2D eigenvalue weighted by molar-refractivity contribution is 7.91. The van der Waals surface area contributed by atoms with Crippen molar-refractivity contribution in [2.75, 3.05) is 26.1 Å². The molecule has 59 heavy (non-hydrogen) atoms. The molecule has 1 saturated heterocycles. The monoisotopic (exact) mass is 904 g/mol. The molecule has 14 nitrogen and oxygen atoms in total. The SMILES string of the molecule is C=C[C@@H]1C[C@]1(NC(=O)[C@@H]1C[C@@H](Oc2ncc(OC)c3ccc(Cl)cc23)CN1C(=O)[C@@H](Nc1nc(-c2cc(Cl)cc(Cl)c2OC)cs1)C(C)(C)C)C(=O)NS(=O)(=O)C1CC1. The molecule has 2 aromatic heterocycles. The number of carbonyl (C=O) groups excluding carboxylic acids is 3. The Morgan fingerprint density at radius 1 is 1.07 bits per heavy atom. The Balaban J connectivity index is 1.20. The number of hydrogen-bond donors (Lipinski definition) is 3. The van der Waals surface area contributed by atoms with Gasteiger partial charge in [-0.3, -0.25) is 19.1 Å². The van der Waals surface area contributed by atoms with Crippen LogP contribution < -0.4 is 29.6 Å². The summed E-state index contributed by atoms with van der Waals surface area (Å²) in [5, 5.41) is 10.1. The Kier molecular flexibility index (Phi) is 11.8. The summed E-state index contributed by atoms with van der Waals surface area (Å²) in [7, 11) is -0.904. The number of rotatable bonds is 14. The molecule has 0 bridgehead atoms. The van der Waals surface area contributed by atoms with Gasteiger partial charge >= 0.3 is 0 Å². The third-order valence-electron chi connectivity index (χ3n) is 10.7. The number of halogens is 3. The Morgan fingerprint density at radius 2 is 1.81 bits per heavy atom. The molecule has 2 saturated carbocycles. The van der Waals surface area contributed by atoms with Crippen LogP contribution in [0.2, 0.25) is 15.1 Å². The van der Waals surface area contributed by atoms with Crippen LogP contribution in [0.25, 0.3) is 22.0 Å². The predicted octanol–water partition coefficient (Wildman–Crippen LogP) is 6.88. The van der Waals surface area contributed by atoms with Crippen LogP contribution in [0, 0.1) is 11.3 Å². The number of sulfonamides is 1. The van der Waals surface area contributed by atoms with E-state index in [1.165, 1.54) is 42.7 Å². The minimum atomic E-state index is -3.92. The molecule has 0 unspecified atom stereocenters. The molecule has 5 atom stereocenters. The zero-order chi connectivity index (χ0) is 42.6. The number of pyridine rings is 1. The third kappa shape index (κ3) is 8.65. The maximum atomic E-state index is 14.9. The molecule has 4 aromatic rings. The first kappa shape index (κ1) is 42.8. The molecule has 3 N–H and O–H groups in total. The highest BCUT2D eigenvalue weighted by Crippen LogP contribution is 2.46. The second kappa shape index (κ2) is 16.3. The molecule has 19 heteroatoms. The summed E-state index contributed by atoms with van der Waals surface area (Å²) in [6, 6.07) is 6.37. The number of hydrogen-bond acceptors (Lipinski definition) is 12. The average molecular weight is 906 g/mol. The fraction of sp³-hybridized carbons (Fsp3) is 0.425. The number of methoxy groups -OCH3 is 2. The number of carbonyl (C=O) groups is 3. The number of anilines is 1. The zero-order valence-electron chi connectivity index (χ0n) is 32.8. The molecule has 2 aromatic carbocycles. The lowest BCUT2D eigenvalue weighted by Crippen LogP contribution is -2.58. The van der Waals surface area contributed by atoms with Gasteiger partial charge in [-0.2, -0.15) is 0 Å². The lowest BCUT2D eigenvalue weighted by atomic mass is 9.85. The molecule has 3 aliphatic rings. The third-order valence-corrected chi connectivity index (χ3v) is 14.1. The largest absolute Gasteiger partial charge is 0.494 e. The summed E-state index contributed by atoms with van der Waals surface area (Å²) in [4.78, 5) is 53.7. The minimum absolute atomic E-state index is 0.0117. The molecular formula is C40H43Cl3N6O8S2. The van der Waals surface area contributed by atoms with Crippen LogP contribution in [0.3, 0.4) is 0 Å². The van der Waals surface area contributed by atoms with Crippen molar-refractivity contribution in [1.82, 2.24) is 24.9 Å². The second-order valence-electron chi connectivity index (χ2n) is 15.9. The normalized spacial score (nSPS) is 22.0. The summed E-state index contributed by atoms with van der Waals surface area (Å²) in [6.07, 6.45) is 3.32. The number of fused-ring (bicyclic) bond motifs is 1. The lowest BCUT2D eigenvalue weighted by molar-refractivity contribution is -0.141. The van der Waals surface area contributed by atoms with Crippen LogP contribution in [-0.4, -0.2) is 90.7 Å². The van der Waals surface area contributed by atoms with Gasteiger partial charge in [0.2, 0.25) is 27.7 Å². The van der Waals surface area contributed by atoms with Gasteiger partial charge in [0.1, 0.15) is 35.2 Å². The number of likely N-dealkylation sites (tertiary alicyclic amines) is 1. The van der Waals surface area contributed by atoms with Gasteiger partial charge in [0, 0.05) is 44.1 Å². The number of aromatic nitrogens is 2. The van der Waals surface area contributed by atoms with Crippen LogP contribution in [0.5, 0.6) is 17.4 Å². The van der Waals surface area contributed by atoms with Gasteiger partial charge in [-0.25, -0.2) is 18.4 Å². The van der Waals surface area contributed by atoms with E-state index in [-0.39, 0.29) is 25.3 Å². The maximum absolute atomic E-state index is 14.9. The van der Waals surface area contributed by atoms with E-state index in [0.717, 1.165) is 0 Å². The van der Waals surface area contributed by atoms with E-state index >= 15 is 0 Å². The van der Waals surface area contributed by atoms with Crippen LogP contribution in [0.4, 0.5) is 5.13 Å². The first-order chi connectivity index (χ1) is 27.9. The molecule has 7 rings (SSSR count). The lowest BCUT2D eigenvalue weighted by Gasteiger charge is -2.35. The maximum Gasteiger partial charge on any atom is 0.259 e. The Bertz CT molecular complexity index is 2460. The Morgan fingerprint density at radius 3 is 2.46 bits per heavy atom. The van der Waals surface area contributed by atoms with Crippen molar-refractivity contribution < 1.29 is 37.0 Å². The highest BCUT2D eigenvalue weighted by Gasteiger charge is 2.62. The van der Waals surface area contributed by atoms with Crippen molar-refractivity contribution in [3.63, 3.8) is 0 Å². The minimum Gasteiger partial charge on any atom is -0.494 e. The molecule has 1 aliphatic heterocycles. The van der Waals surface area contributed by atoms with Crippen molar-refractivity contribution in [3.8, 4) is 28.6 Å². The van der Waals surface area contributed by atoms with Crippen molar-refractivity contribution in [1.29, 1.82) is 0 Å². The van der Waals surface area contributed by atoms with Gasteiger partial charge in [0.25, 0.3) is 5.91 Å². The number of nitrogens with zero attached hydrogens (tertiary/aromatic N) is 3. The molecule has 2 aliphatic carbocycles. The van der Waals surface area contributed by atoms with Crippen molar-refractivity contribution in [2.24, 2.45) is 11.3 Å².